The molecule has 35 heavy (non-hydrogen) atoms. The molecular formula is C24H34N6O4S. The van der Waals surface area contributed by atoms with Crippen LogP contribution in [-0.2, 0) is 16.6 Å². The largest absolute Gasteiger partial charge is 0.493 e. The predicted molar refractivity (Wildman–Crippen MR) is 135 cm³/mol. The highest BCUT2D eigenvalue weighted by Crippen LogP contribution is 2.32. The minimum absolute atomic E-state index is 0.0559. The van der Waals surface area contributed by atoms with Crippen LogP contribution in [0.15, 0.2) is 27.9 Å². The van der Waals surface area contributed by atoms with Crippen LogP contribution in [0.25, 0.3) is 22.4 Å². The van der Waals surface area contributed by atoms with Gasteiger partial charge in [-0.05, 0) is 44.5 Å². The van der Waals surface area contributed by atoms with Crippen molar-refractivity contribution in [2.24, 2.45) is 0 Å². The van der Waals surface area contributed by atoms with Crippen LogP contribution in [0, 0.1) is 0 Å². The molecule has 0 atom stereocenters. The summed E-state index contributed by atoms with van der Waals surface area (Å²) in [5.74, 6) is 0.771. The number of likely N-dealkylation sites (N-methyl/N-ethyl adjacent to an activating group) is 1. The summed E-state index contributed by atoms with van der Waals surface area (Å²) in [6.45, 7) is 11.1. The topological polar surface area (TPSA) is 113 Å². The van der Waals surface area contributed by atoms with Gasteiger partial charge in [-0.3, -0.25) is 4.79 Å². The first-order valence-electron chi connectivity index (χ1n) is 12.1. The van der Waals surface area contributed by atoms with Crippen LogP contribution in [0.5, 0.6) is 5.75 Å². The number of sulfonamides is 1. The first-order chi connectivity index (χ1) is 16.7. The third-order valence-electron chi connectivity index (χ3n) is 6.22. The summed E-state index contributed by atoms with van der Waals surface area (Å²) in [5.41, 5.74) is 1.32. The zero-order chi connectivity index (χ0) is 25.3. The highest BCUT2D eigenvalue weighted by molar-refractivity contribution is 7.89. The van der Waals surface area contributed by atoms with Crippen LogP contribution in [0.2, 0.25) is 0 Å². The van der Waals surface area contributed by atoms with Gasteiger partial charge < -0.3 is 14.6 Å². The van der Waals surface area contributed by atoms with E-state index in [4.69, 9.17) is 9.72 Å². The van der Waals surface area contributed by atoms with Crippen molar-refractivity contribution in [2.75, 3.05) is 39.8 Å². The van der Waals surface area contributed by atoms with Crippen molar-refractivity contribution in [1.82, 2.24) is 29.0 Å². The molecule has 4 rings (SSSR count). The monoisotopic (exact) mass is 502 g/mol. The third kappa shape index (κ3) is 4.85. The highest BCUT2D eigenvalue weighted by atomic mass is 32.2. The van der Waals surface area contributed by atoms with E-state index in [9.17, 15) is 13.2 Å². The van der Waals surface area contributed by atoms with E-state index in [0.29, 0.717) is 67.4 Å². The summed E-state index contributed by atoms with van der Waals surface area (Å²) < 4.78 is 35.9. The number of fused-ring (bicyclic) bond motifs is 1. The average molecular weight is 503 g/mol. The maximum Gasteiger partial charge on any atom is 0.262 e. The second-order valence-electron chi connectivity index (χ2n) is 9.17. The molecule has 3 aromatic rings. The molecule has 1 aromatic carbocycles. The lowest BCUT2D eigenvalue weighted by Gasteiger charge is -2.31. The fourth-order valence-corrected chi connectivity index (χ4v) is 5.77. The summed E-state index contributed by atoms with van der Waals surface area (Å²) in [6, 6.07) is 4.73. The number of nitrogens with zero attached hydrogens (tertiary/aromatic N) is 5. The Hall–Kier alpha value is -2.76. The Kier molecular flexibility index (Phi) is 7.30. The Labute approximate surface area is 206 Å². The zero-order valence-corrected chi connectivity index (χ0v) is 21.9. The van der Waals surface area contributed by atoms with Crippen LogP contribution in [0.1, 0.15) is 45.7 Å². The van der Waals surface area contributed by atoms with Crippen molar-refractivity contribution in [3.63, 3.8) is 0 Å². The van der Waals surface area contributed by atoms with Crippen molar-refractivity contribution >= 4 is 21.1 Å². The quantitative estimate of drug-likeness (QED) is 0.504. The van der Waals surface area contributed by atoms with Crippen LogP contribution in [0.4, 0.5) is 0 Å². The van der Waals surface area contributed by atoms with Crippen LogP contribution < -0.4 is 10.3 Å². The lowest BCUT2D eigenvalue weighted by molar-refractivity contribution is 0.222. The van der Waals surface area contributed by atoms with E-state index in [1.165, 1.54) is 4.31 Å². The molecule has 0 spiro atoms. The smallest absolute Gasteiger partial charge is 0.262 e. The summed E-state index contributed by atoms with van der Waals surface area (Å²) in [4.78, 5) is 23.1. The lowest BCUT2D eigenvalue weighted by Crippen LogP contribution is -2.47. The number of H-pyrrole nitrogens is 1. The first-order valence-corrected chi connectivity index (χ1v) is 13.6. The van der Waals surface area contributed by atoms with Crippen LogP contribution in [-0.4, -0.2) is 77.2 Å². The van der Waals surface area contributed by atoms with Crippen molar-refractivity contribution in [1.29, 1.82) is 0 Å². The zero-order valence-electron chi connectivity index (χ0n) is 21.0. The SMILES string of the molecule is CCCn1nc(C(C)C)c2c(=O)[nH]c(-c3cc(S(=O)(=O)N4CCN(C)CC4)ccc3OCC)nc21. The molecule has 0 amide bonds. The molecule has 0 bridgehead atoms. The molecular weight excluding hydrogens is 468 g/mol. The number of ether oxygens (including phenoxy) is 1. The Balaban J connectivity index is 1.87. The van der Waals surface area contributed by atoms with E-state index < -0.39 is 10.0 Å². The summed E-state index contributed by atoms with van der Waals surface area (Å²) >= 11 is 0. The Bertz CT molecular complexity index is 1370. The van der Waals surface area contributed by atoms with Gasteiger partial charge in [0.05, 0.1) is 22.8 Å². The summed E-state index contributed by atoms with van der Waals surface area (Å²) in [7, 11) is -1.73. The standard InChI is InChI=1S/C24H34N6O4S/c1-6-10-30-23-20(21(27-30)16(3)4)24(31)26-22(25-23)18-15-17(8-9-19(18)34-7-2)35(32,33)29-13-11-28(5)12-14-29/h8-9,15-16H,6-7,10-14H2,1-5H3,(H,25,26,31). The number of aromatic amines is 1. The van der Waals surface area contributed by atoms with Gasteiger partial charge in [0.25, 0.3) is 5.56 Å². The lowest BCUT2D eigenvalue weighted by atomic mass is 10.1. The number of nitrogens with one attached hydrogen (secondary N) is 1. The maximum atomic E-state index is 13.4. The van der Waals surface area contributed by atoms with E-state index in [1.807, 2.05) is 34.7 Å². The second kappa shape index (κ2) is 10.1. The molecule has 190 valence electrons. The number of hydrogen-bond donors (Lipinski definition) is 1. The summed E-state index contributed by atoms with van der Waals surface area (Å²) in [6.07, 6.45) is 0.834. The number of hydrogen-bond acceptors (Lipinski definition) is 7. The average Bonchev–Trinajstić information content (AvgIpc) is 3.19. The molecule has 3 heterocycles. The van der Waals surface area contributed by atoms with E-state index in [2.05, 4.69) is 15.0 Å². The predicted octanol–water partition coefficient (Wildman–Crippen LogP) is 2.65. The molecule has 1 aliphatic heterocycles. The second-order valence-corrected chi connectivity index (χ2v) is 11.1. The number of rotatable bonds is 8. The van der Waals surface area contributed by atoms with Crippen molar-refractivity contribution in [3.8, 4) is 17.1 Å². The minimum atomic E-state index is -3.71. The Morgan fingerprint density at radius 1 is 1.14 bits per heavy atom. The minimum Gasteiger partial charge on any atom is -0.493 e. The molecule has 1 fully saturated rings. The highest BCUT2D eigenvalue weighted by Gasteiger charge is 2.29. The van der Waals surface area contributed by atoms with Gasteiger partial charge >= 0.3 is 0 Å². The molecule has 0 saturated carbocycles. The maximum absolute atomic E-state index is 13.4. The van der Waals surface area contributed by atoms with Gasteiger partial charge in [-0.25, -0.2) is 18.1 Å². The molecule has 0 radical (unpaired) electrons. The number of benzene rings is 1. The van der Waals surface area contributed by atoms with Gasteiger partial charge in [0, 0.05) is 32.7 Å². The number of aryl methyl sites for hydroxylation is 1. The molecule has 10 nitrogen and oxygen atoms in total. The first kappa shape index (κ1) is 25.3. The van der Waals surface area contributed by atoms with E-state index in [1.54, 1.807) is 22.9 Å². The number of piperazine rings is 1. The van der Waals surface area contributed by atoms with Crippen molar-refractivity contribution in [3.05, 3.63) is 34.2 Å². The van der Waals surface area contributed by atoms with Gasteiger partial charge in [0.15, 0.2) is 5.65 Å². The molecule has 0 aliphatic carbocycles. The van der Waals surface area contributed by atoms with Crippen molar-refractivity contribution in [2.45, 2.75) is 51.5 Å². The fourth-order valence-electron chi connectivity index (χ4n) is 4.32. The molecule has 1 N–H and O–H groups in total. The van der Waals surface area contributed by atoms with Gasteiger partial charge in [0.2, 0.25) is 10.0 Å². The normalized spacial score (nSPS) is 15.8. The van der Waals surface area contributed by atoms with Gasteiger partial charge in [-0.1, -0.05) is 20.8 Å². The molecule has 0 unspecified atom stereocenters. The molecule has 1 aliphatic rings. The Morgan fingerprint density at radius 3 is 2.49 bits per heavy atom. The van der Waals surface area contributed by atoms with Crippen LogP contribution in [0.3, 0.4) is 0 Å². The van der Waals surface area contributed by atoms with E-state index in [0.717, 1.165) is 6.42 Å². The number of aromatic nitrogens is 4. The Morgan fingerprint density at radius 2 is 1.86 bits per heavy atom. The van der Waals surface area contributed by atoms with Gasteiger partial charge in [-0.15, -0.1) is 0 Å². The van der Waals surface area contributed by atoms with E-state index >= 15 is 0 Å². The fraction of sp³-hybridized carbons (Fsp3) is 0.542. The van der Waals surface area contributed by atoms with Gasteiger partial charge in [-0.2, -0.15) is 9.40 Å². The van der Waals surface area contributed by atoms with Gasteiger partial charge in [0.1, 0.15) is 17.0 Å². The van der Waals surface area contributed by atoms with E-state index in [-0.39, 0.29) is 22.2 Å². The van der Waals surface area contributed by atoms with Crippen molar-refractivity contribution < 1.29 is 13.2 Å². The molecule has 11 heteroatoms. The van der Waals surface area contributed by atoms with Crippen LogP contribution >= 0.6 is 0 Å². The summed E-state index contributed by atoms with van der Waals surface area (Å²) in [5, 5.41) is 5.12. The molecule has 2 aromatic heterocycles. The molecule has 1 saturated heterocycles. The third-order valence-corrected chi connectivity index (χ3v) is 8.11.